The fourth-order valence-electron chi connectivity index (χ4n) is 3.01. The quantitative estimate of drug-likeness (QED) is 0.563. The Morgan fingerprint density at radius 1 is 1.14 bits per heavy atom. The van der Waals surface area contributed by atoms with Gasteiger partial charge in [0.1, 0.15) is 11.5 Å². The van der Waals surface area contributed by atoms with Crippen molar-refractivity contribution in [3.8, 4) is 0 Å². The molecule has 0 unspecified atom stereocenters. The number of nitrogens with zero attached hydrogens (tertiary/aromatic N) is 1. The van der Waals surface area contributed by atoms with E-state index in [1.807, 2.05) is 0 Å². The monoisotopic (exact) mass is 405 g/mol. The Bertz CT molecular complexity index is 1110. The second-order valence-corrected chi connectivity index (χ2v) is 8.01. The summed E-state index contributed by atoms with van der Waals surface area (Å²) >= 11 is 0. The summed E-state index contributed by atoms with van der Waals surface area (Å²) < 4.78 is 51.6. The maximum absolute atomic E-state index is 14.3. The second-order valence-electron chi connectivity index (χ2n) is 6.19. The molecule has 0 bridgehead atoms. The SMILES string of the molecule is CCOC(=O)c1cc2cc(F)c(COC)cc2n1S(=O)(=O)Cc1ccccc1. The van der Waals surface area contributed by atoms with Gasteiger partial charge in [-0.25, -0.2) is 21.6 Å². The summed E-state index contributed by atoms with van der Waals surface area (Å²) in [6.45, 7) is 1.68. The fourth-order valence-corrected chi connectivity index (χ4v) is 4.64. The standard InChI is InChI=1S/C20H20FNO5S/c1-3-27-20(23)19-10-15-9-17(21)16(12-26-2)11-18(15)22(19)28(24,25)13-14-7-5-4-6-8-14/h4-11H,3,12-13H2,1-2H3. The van der Waals surface area contributed by atoms with Crippen LogP contribution in [0.5, 0.6) is 0 Å². The van der Waals surface area contributed by atoms with Crippen LogP contribution in [0.25, 0.3) is 10.9 Å². The van der Waals surface area contributed by atoms with Crippen molar-refractivity contribution in [3.05, 3.63) is 71.2 Å². The molecule has 3 aromatic rings. The Morgan fingerprint density at radius 3 is 2.50 bits per heavy atom. The van der Waals surface area contributed by atoms with Crippen LogP contribution in [0.3, 0.4) is 0 Å². The summed E-state index contributed by atoms with van der Waals surface area (Å²) in [5.74, 6) is -1.65. The van der Waals surface area contributed by atoms with E-state index in [0.717, 1.165) is 3.97 Å². The van der Waals surface area contributed by atoms with Crippen molar-refractivity contribution in [2.45, 2.75) is 19.3 Å². The van der Waals surface area contributed by atoms with Crippen LogP contribution in [-0.4, -0.2) is 32.1 Å². The fraction of sp³-hybridized carbons (Fsp3) is 0.250. The Balaban J connectivity index is 2.23. The van der Waals surface area contributed by atoms with Gasteiger partial charge in [0, 0.05) is 18.1 Å². The number of hydrogen-bond acceptors (Lipinski definition) is 5. The highest BCUT2D eigenvalue weighted by molar-refractivity contribution is 7.89. The van der Waals surface area contributed by atoms with Crippen molar-refractivity contribution in [3.63, 3.8) is 0 Å². The molecule has 0 saturated carbocycles. The van der Waals surface area contributed by atoms with Gasteiger partial charge in [0.25, 0.3) is 0 Å². The Morgan fingerprint density at radius 2 is 1.86 bits per heavy atom. The van der Waals surface area contributed by atoms with Crippen molar-refractivity contribution in [2.24, 2.45) is 0 Å². The number of hydrogen-bond donors (Lipinski definition) is 0. The number of halogens is 1. The van der Waals surface area contributed by atoms with E-state index in [0.29, 0.717) is 5.56 Å². The maximum atomic E-state index is 14.3. The van der Waals surface area contributed by atoms with Gasteiger partial charge in [-0.15, -0.1) is 0 Å². The van der Waals surface area contributed by atoms with Crippen LogP contribution in [0.1, 0.15) is 28.5 Å². The third-order valence-electron chi connectivity index (χ3n) is 4.18. The van der Waals surface area contributed by atoms with E-state index in [1.54, 1.807) is 37.3 Å². The molecule has 0 amide bonds. The van der Waals surface area contributed by atoms with Crippen molar-refractivity contribution in [1.29, 1.82) is 0 Å². The molecule has 1 aromatic heterocycles. The molecule has 0 radical (unpaired) electrons. The summed E-state index contributed by atoms with van der Waals surface area (Å²) in [4.78, 5) is 12.4. The molecule has 6 nitrogen and oxygen atoms in total. The lowest BCUT2D eigenvalue weighted by molar-refractivity contribution is 0.0518. The molecule has 0 aliphatic heterocycles. The summed E-state index contributed by atoms with van der Waals surface area (Å²) in [6, 6.07) is 12.5. The third kappa shape index (κ3) is 3.93. The molecule has 0 spiro atoms. The lowest BCUT2D eigenvalue weighted by atomic mass is 10.1. The number of rotatable bonds is 7. The number of fused-ring (bicyclic) bond motifs is 1. The number of carbonyl (C=O) groups excluding carboxylic acids is 1. The van der Waals surface area contributed by atoms with E-state index in [2.05, 4.69) is 0 Å². The molecule has 0 atom stereocenters. The van der Waals surface area contributed by atoms with E-state index >= 15 is 0 Å². The molecule has 0 N–H and O–H groups in total. The van der Waals surface area contributed by atoms with Gasteiger partial charge in [0.2, 0.25) is 10.0 Å². The van der Waals surface area contributed by atoms with Gasteiger partial charge in [-0.05, 0) is 30.7 Å². The van der Waals surface area contributed by atoms with Gasteiger partial charge < -0.3 is 9.47 Å². The zero-order valence-electron chi connectivity index (χ0n) is 15.5. The number of carbonyl (C=O) groups is 1. The van der Waals surface area contributed by atoms with Crippen LogP contribution >= 0.6 is 0 Å². The summed E-state index contributed by atoms with van der Waals surface area (Å²) in [7, 11) is -2.57. The van der Waals surface area contributed by atoms with E-state index in [-0.39, 0.29) is 41.1 Å². The van der Waals surface area contributed by atoms with Crippen LogP contribution in [-0.2, 0) is 31.9 Å². The lowest BCUT2D eigenvalue weighted by Crippen LogP contribution is -2.21. The normalized spacial score (nSPS) is 11.7. The van der Waals surface area contributed by atoms with Crippen LogP contribution in [0, 0.1) is 5.82 Å². The number of esters is 1. The predicted octanol–water partition coefficient (Wildman–Crippen LogP) is 3.48. The van der Waals surface area contributed by atoms with Gasteiger partial charge in [-0.2, -0.15) is 0 Å². The van der Waals surface area contributed by atoms with Crippen molar-refractivity contribution in [2.75, 3.05) is 13.7 Å². The topological polar surface area (TPSA) is 74.6 Å². The van der Waals surface area contributed by atoms with E-state index in [9.17, 15) is 17.6 Å². The van der Waals surface area contributed by atoms with Crippen molar-refractivity contribution < 1.29 is 27.1 Å². The number of methoxy groups -OCH3 is 1. The Hall–Kier alpha value is -2.71. The minimum Gasteiger partial charge on any atom is -0.461 e. The van der Waals surface area contributed by atoms with E-state index in [1.165, 1.54) is 25.3 Å². The molecule has 28 heavy (non-hydrogen) atoms. The molecule has 2 aromatic carbocycles. The molecule has 0 aliphatic rings. The number of aromatic nitrogens is 1. The first-order valence-electron chi connectivity index (χ1n) is 8.64. The first kappa shape index (κ1) is 20.0. The van der Waals surface area contributed by atoms with Crippen LogP contribution in [0.15, 0.2) is 48.5 Å². The lowest BCUT2D eigenvalue weighted by Gasteiger charge is -2.12. The minimum absolute atomic E-state index is 0.0274. The van der Waals surface area contributed by atoms with Gasteiger partial charge >= 0.3 is 5.97 Å². The number of benzene rings is 2. The second kappa shape index (κ2) is 8.12. The highest BCUT2D eigenvalue weighted by atomic mass is 32.2. The largest absolute Gasteiger partial charge is 0.461 e. The van der Waals surface area contributed by atoms with E-state index in [4.69, 9.17) is 9.47 Å². The summed E-state index contributed by atoms with van der Waals surface area (Å²) in [6.07, 6.45) is 0. The zero-order chi connectivity index (χ0) is 20.3. The van der Waals surface area contributed by atoms with Crippen LogP contribution in [0.4, 0.5) is 4.39 Å². The molecular weight excluding hydrogens is 385 g/mol. The molecule has 148 valence electrons. The van der Waals surface area contributed by atoms with Crippen molar-refractivity contribution >= 4 is 26.9 Å². The summed E-state index contributed by atoms with van der Waals surface area (Å²) in [5, 5.41) is 0.289. The molecule has 0 fully saturated rings. The first-order valence-corrected chi connectivity index (χ1v) is 10.3. The predicted molar refractivity (Wildman–Crippen MR) is 103 cm³/mol. The van der Waals surface area contributed by atoms with Crippen LogP contribution in [0.2, 0.25) is 0 Å². The average Bonchev–Trinajstić information content (AvgIpc) is 3.02. The van der Waals surface area contributed by atoms with Gasteiger partial charge in [-0.1, -0.05) is 30.3 Å². The molecule has 8 heteroatoms. The molecule has 0 saturated heterocycles. The Labute approximate surface area is 162 Å². The Kier molecular flexibility index (Phi) is 5.81. The minimum atomic E-state index is -3.98. The van der Waals surface area contributed by atoms with Gasteiger partial charge in [0.15, 0.2) is 0 Å². The first-order chi connectivity index (χ1) is 13.4. The highest BCUT2D eigenvalue weighted by Gasteiger charge is 2.27. The van der Waals surface area contributed by atoms with Crippen LogP contribution < -0.4 is 0 Å². The molecule has 0 aliphatic carbocycles. The van der Waals surface area contributed by atoms with E-state index < -0.39 is 21.8 Å². The highest BCUT2D eigenvalue weighted by Crippen LogP contribution is 2.27. The molecule has 3 rings (SSSR count). The summed E-state index contributed by atoms with van der Waals surface area (Å²) in [5.41, 5.74) is 0.798. The maximum Gasteiger partial charge on any atom is 0.356 e. The average molecular weight is 405 g/mol. The smallest absolute Gasteiger partial charge is 0.356 e. The van der Waals surface area contributed by atoms with Gasteiger partial charge in [0.05, 0.1) is 24.5 Å². The zero-order valence-corrected chi connectivity index (χ0v) is 16.3. The molecule has 1 heterocycles. The molecular formula is C20H20FNO5S. The van der Waals surface area contributed by atoms with Gasteiger partial charge in [-0.3, -0.25) is 0 Å². The number of ether oxygens (including phenoxy) is 2. The third-order valence-corrected chi connectivity index (χ3v) is 5.83. The van der Waals surface area contributed by atoms with Crippen molar-refractivity contribution in [1.82, 2.24) is 3.97 Å².